The third-order valence-corrected chi connectivity index (χ3v) is 3.29. The van der Waals surface area contributed by atoms with Gasteiger partial charge in [0, 0.05) is 11.1 Å². The number of rotatable bonds is 5. The Morgan fingerprint density at radius 1 is 1.29 bits per heavy atom. The summed E-state index contributed by atoms with van der Waals surface area (Å²) in [6.07, 6.45) is 3.30. The molecule has 2 aromatic heterocycles. The second kappa shape index (κ2) is 8.61. The van der Waals surface area contributed by atoms with Gasteiger partial charge in [-0.1, -0.05) is 17.9 Å². The van der Waals surface area contributed by atoms with Crippen LogP contribution in [-0.4, -0.2) is 24.2 Å². The summed E-state index contributed by atoms with van der Waals surface area (Å²) in [5.74, 6) is 6.31. The van der Waals surface area contributed by atoms with Gasteiger partial charge in [0.05, 0.1) is 19.3 Å². The van der Waals surface area contributed by atoms with Crippen LogP contribution in [0.5, 0.6) is 5.75 Å². The molecule has 0 saturated carbocycles. The molecular formula is C15H15N3O2S. The molecule has 2 heterocycles. The number of aromatic nitrogens is 1. The van der Waals surface area contributed by atoms with Crippen LogP contribution in [0.3, 0.4) is 0 Å². The average molecular weight is 301 g/mol. The standard InChI is InChI=1S/C15H15N3O2S/c19-15(18-12-14-6-4-10-21-14)17-8-1-2-9-20-13-5-3-7-16-11-13/h3-7,10-11H,8-9,12H2,(H2,17,18,19). The van der Waals surface area contributed by atoms with Crippen LogP contribution >= 0.6 is 11.3 Å². The van der Waals surface area contributed by atoms with Crippen LogP contribution in [0.4, 0.5) is 4.79 Å². The van der Waals surface area contributed by atoms with E-state index in [0.717, 1.165) is 4.88 Å². The number of carbonyl (C=O) groups excluding carboxylic acids is 1. The lowest BCUT2D eigenvalue weighted by atomic mass is 10.4. The zero-order valence-corrected chi connectivity index (χ0v) is 12.2. The quantitative estimate of drug-likeness (QED) is 0.831. The molecule has 0 saturated heterocycles. The van der Waals surface area contributed by atoms with Gasteiger partial charge in [0.15, 0.2) is 0 Å². The third kappa shape index (κ3) is 5.97. The van der Waals surface area contributed by atoms with Crippen molar-refractivity contribution in [3.05, 3.63) is 46.9 Å². The van der Waals surface area contributed by atoms with Gasteiger partial charge in [-0.15, -0.1) is 11.3 Å². The van der Waals surface area contributed by atoms with Crippen LogP contribution in [0.25, 0.3) is 0 Å². The molecule has 0 aromatic carbocycles. The van der Waals surface area contributed by atoms with E-state index in [4.69, 9.17) is 4.74 Å². The van der Waals surface area contributed by atoms with E-state index in [2.05, 4.69) is 27.5 Å². The minimum atomic E-state index is -0.231. The summed E-state index contributed by atoms with van der Waals surface area (Å²) in [5.41, 5.74) is 0. The summed E-state index contributed by atoms with van der Waals surface area (Å²) in [6.45, 7) is 1.08. The first-order valence-corrected chi connectivity index (χ1v) is 7.25. The molecule has 108 valence electrons. The second-order valence-corrected chi connectivity index (χ2v) is 4.98. The smallest absolute Gasteiger partial charge is 0.315 e. The first kappa shape index (κ1) is 14.9. The molecule has 0 radical (unpaired) electrons. The molecule has 2 aromatic rings. The molecule has 2 N–H and O–H groups in total. The summed E-state index contributed by atoms with van der Waals surface area (Å²) in [4.78, 5) is 16.5. The van der Waals surface area contributed by atoms with E-state index in [1.165, 1.54) is 0 Å². The largest absolute Gasteiger partial charge is 0.479 e. The zero-order chi connectivity index (χ0) is 14.8. The van der Waals surface area contributed by atoms with Crippen molar-refractivity contribution in [1.29, 1.82) is 0 Å². The number of hydrogen-bond donors (Lipinski definition) is 2. The topological polar surface area (TPSA) is 63.2 Å². The Hall–Kier alpha value is -2.52. The number of hydrogen-bond acceptors (Lipinski definition) is 4. The van der Waals surface area contributed by atoms with E-state index in [9.17, 15) is 4.79 Å². The summed E-state index contributed by atoms with van der Waals surface area (Å²) >= 11 is 1.61. The van der Waals surface area contributed by atoms with E-state index in [-0.39, 0.29) is 19.2 Å². The van der Waals surface area contributed by atoms with Crippen LogP contribution in [0.2, 0.25) is 0 Å². The van der Waals surface area contributed by atoms with E-state index in [0.29, 0.717) is 12.3 Å². The zero-order valence-electron chi connectivity index (χ0n) is 11.3. The predicted octanol–water partition coefficient (Wildman–Crippen LogP) is 2.02. The summed E-state index contributed by atoms with van der Waals surface area (Å²) < 4.78 is 5.35. The Bertz CT molecular complexity index is 603. The maximum Gasteiger partial charge on any atom is 0.315 e. The van der Waals surface area contributed by atoms with Crippen molar-refractivity contribution in [1.82, 2.24) is 15.6 Å². The van der Waals surface area contributed by atoms with Crippen molar-refractivity contribution >= 4 is 17.4 Å². The highest BCUT2D eigenvalue weighted by atomic mass is 32.1. The Labute approximate surface area is 127 Å². The van der Waals surface area contributed by atoms with Crippen LogP contribution in [0, 0.1) is 11.8 Å². The molecule has 0 spiro atoms. The number of nitrogens with one attached hydrogen (secondary N) is 2. The number of pyridine rings is 1. The summed E-state index contributed by atoms with van der Waals surface area (Å²) in [7, 11) is 0. The molecule has 0 unspecified atom stereocenters. The molecule has 0 fully saturated rings. The first-order valence-electron chi connectivity index (χ1n) is 6.37. The average Bonchev–Trinajstić information content (AvgIpc) is 3.03. The van der Waals surface area contributed by atoms with Crippen LogP contribution in [-0.2, 0) is 6.54 Å². The number of urea groups is 1. The number of thiophene rings is 1. The van der Waals surface area contributed by atoms with Crippen molar-refractivity contribution in [3.8, 4) is 17.6 Å². The molecule has 5 nitrogen and oxygen atoms in total. The van der Waals surface area contributed by atoms with Crippen molar-refractivity contribution in [3.63, 3.8) is 0 Å². The molecular weight excluding hydrogens is 286 g/mol. The highest BCUT2D eigenvalue weighted by Gasteiger charge is 1.98. The lowest BCUT2D eigenvalue weighted by Crippen LogP contribution is -2.35. The fourth-order valence-electron chi connectivity index (χ4n) is 1.43. The SMILES string of the molecule is O=C(NCC#CCOc1cccnc1)NCc1cccs1. The number of carbonyl (C=O) groups is 1. The number of amides is 2. The van der Waals surface area contributed by atoms with E-state index >= 15 is 0 Å². The molecule has 2 amide bonds. The van der Waals surface area contributed by atoms with Gasteiger partial charge in [0.25, 0.3) is 0 Å². The summed E-state index contributed by atoms with van der Waals surface area (Å²) in [6, 6.07) is 7.30. The molecule has 0 aliphatic heterocycles. The Kier molecular flexibility index (Phi) is 6.10. The summed E-state index contributed by atoms with van der Waals surface area (Å²) in [5, 5.41) is 7.39. The lowest BCUT2D eigenvalue weighted by molar-refractivity contribution is 0.241. The minimum Gasteiger partial charge on any atom is -0.479 e. The van der Waals surface area contributed by atoms with Crippen LogP contribution in [0.1, 0.15) is 4.88 Å². The Morgan fingerprint density at radius 3 is 3.00 bits per heavy atom. The maximum absolute atomic E-state index is 11.5. The van der Waals surface area contributed by atoms with Gasteiger partial charge in [-0.2, -0.15) is 0 Å². The molecule has 21 heavy (non-hydrogen) atoms. The van der Waals surface area contributed by atoms with Gasteiger partial charge in [-0.25, -0.2) is 4.79 Å². The lowest BCUT2D eigenvalue weighted by Gasteiger charge is -2.03. The van der Waals surface area contributed by atoms with Gasteiger partial charge in [0.2, 0.25) is 0 Å². The first-order chi connectivity index (χ1) is 10.3. The number of nitrogens with zero attached hydrogens (tertiary/aromatic N) is 1. The van der Waals surface area contributed by atoms with E-state index in [1.807, 2.05) is 23.6 Å². The van der Waals surface area contributed by atoms with Gasteiger partial charge in [0.1, 0.15) is 12.4 Å². The second-order valence-electron chi connectivity index (χ2n) is 3.95. The van der Waals surface area contributed by atoms with Gasteiger partial charge < -0.3 is 15.4 Å². The fraction of sp³-hybridized carbons (Fsp3) is 0.200. The van der Waals surface area contributed by atoms with Gasteiger partial charge in [-0.3, -0.25) is 4.98 Å². The Balaban J connectivity index is 1.57. The van der Waals surface area contributed by atoms with E-state index < -0.39 is 0 Å². The van der Waals surface area contributed by atoms with Crippen molar-refractivity contribution in [2.24, 2.45) is 0 Å². The highest BCUT2D eigenvalue weighted by molar-refractivity contribution is 7.09. The highest BCUT2D eigenvalue weighted by Crippen LogP contribution is 2.07. The molecule has 0 aliphatic rings. The Morgan fingerprint density at radius 2 is 2.24 bits per heavy atom. The maximum atomic E-state index is 11.5. The molecule has 0 atom stereocenters. The van der Waals surface area contributed by atoms with Crippen molar-refractivity contribution in [2.75, 3.05) is 13.2 Å². The fourth-order valence-corrected chi connectivity index (χ4v) is 2.08. The molecule has 0 aliphatic carbocycles. The van der Waals surface area contributed by atoms with Crippen molar-refractivity contribution < 1.29 is 9.53 Å². The van der Waals surface area contributed by atoms with Crippen molar-refractivity contribution in [2.45, 2.75) is 6.54 Å². The number of ether oxygens (including phenoxy) is 1. The molecule has 6 heteroatoms. The van der Waals surface area contributed by atoms with Crippen LogP contribution < -0.4 is 15.4 Å². The normalized spacial score (nSPS) is 9.33. The minimum absolute atomic E-state index is 0.231. The van der Waals surface area contributed by atoms with Gasteiger partial charge >= 0.3 is 6.03 Å². The third-order valence-electron chi connectivity index (χ3n) is 2.41. The molecule has 2 rings (SSSR count). The van der Waals surface area contributed by atoms with Crippen LogP contribution in [0.15, 0.2) is 42.0 Å². The van der Waals surface area contributed by atoms with E-state index in [1.54, 1.807) is 29.8 Å². The predicted molar refractivity (Wildman–Crippen MR) is 82.1 cm³/mol. The monoisotopic (exact) mass is 301 g/mol. The van der Waals surface area contributed by atoms with Gasteiger partial charge in [-0.05, 0) is 23.6 Å². The molecule has 0 bridgehead atoms.